The number of methoxy groups -OCH3 is 1. The van der Waals surface area contributed by atoms with E-state index in [2.05, 4.69) is 23.5 Å². The van der Waals surface area contributed by atoms with E-state index in [-0.39, 0.29) is 0 Å². The molecule has 0 aromatic rings. The van der Waals surface area contributed by atoms with Crippen LogP contribution in [0.5, 0.6) is 0 Å². The fourth-order valence-corrected chi connectivity index (χ4v) is 1.21. The van der Waals surface area contributed by atoms with Crippen LogP contribution in [0.15, 0.2) is 0 Å². The lowest BCUT2D eigenvalue weighted by Crippen LogP contribution is -2.28. The minimum atomic E-state index is -0.563. The Balaban J connectivity index is 0. The fourth-order valence-electron chi connectivity index (χ4n) is 1.21. The highest BCUT2D eigenvalue weighted by atomic mass is 19.1. The van der Waals surface area contributed by atoms with Crippen LogP contribution in [0.3, 0.4) is 0 Å². The van der Waals surface area contributed by atoms with Gasteiger partial charge in [-0.15, -0.1) is 0 Å². The molecule has 1 aliphatic heterocycles. The average Bonchev–Trinajstić information content (AvgIpc) is 2.57. The van der Waals surface area contributed by atoms with Crippen molar-refractivity contribution in [1.29, 1.82) is 0 Å². The molecule has 0 spiro atoms. The highest BCUT2D eigenvalue weighted by molar-refractivity contribution is 4.76. The van der Waals surface area contributed by atoms with Gasteiger partial charge >= 0.3 is 0 Å². The Bertz CT molecular complexity index is 109. The molecule has 0 aliphatic carbocycles. The highest BCUT2D eigenvalue weighted by Gasteiger charge is 2.22. The van der Waals surface area contributed by atoms with Gasteiger partial charge in [0.15, 0.2) is 0 Å². The van der Waals surface area contributed by atoms with Gasteiger partial charge in [-0.1, -0.05) is 13.8 Å². The van der Waals surface area contributed by atoms with Crippen molar-refractivity contribution in [1.82, 2.24) is 4.90 Å². The molecular formula is C11H26FNO. The summed E-state index contributed by atoms with van der Waals surface area (Å²) in [6, 6.07) is 0.519. The van der Waals surface area contributed by atoms with E-state index in [4.69, 9.17) is 0 Å². The Hall–Kier alpha value is -0.150. The Morgan fingerprint density at radius 1 is 1.29 bits per heavy atom. The van der Waals surface area contributed by atoms with E-state index in [0.717, 1.165) is 13.0 Å². The van der Waals surface area contributed by atoms with Gasteiger partial charge in [-0.3, -0.25) is 4.90 Å². The lowest BCUT2D eigenvalue weighted by Gasteiger charge is -2.18. The predicted octanol–water partition coefficient (Wildman–Crippen LogP) is 2.73. The zero-order valence-corrected chi connectivity index (χ0v) is 10.5. The molecule has 1 saturated heterocycles. The van der Waals surface area contributed by atoms with E-state index in [1.807, 2.05) is 13.8 Å². The lowest BCUT2D eigenvalue weighted by atomic mass is 10.3. The molecule has 0 aromatic heterocycles. The normalized spacial score (nSPS) is 21.0. The molecule has 0 bridgehead atoms. The summed E-state index contributed by atoms with van der Waals surface area (Å²) in [5.74, 6) is 0. The molecule has 0 N–H and O–H groups in total. The molecule has 1 fully saturated rings. The van der Waals surface area contributed by atoms with E-state index < -0.39 is 6.17 Å². The van der Waals surface area contributed by atoms with Gasteiger partial charge in [0.1, 0.15) is 6.17 Å². The minimum absolute atomic E-state index is 0.519. The number of halogens is 1. The second kappa shape index (κ2) is 10.9. The molecule has 0 amide bonds. The molecule has 88 valence electrons. The van der Waals surface area contributed by atoms with Gasteiger partial charge < -0.3 is 4.74 Å². The number of alkyl halides is 1. The maximum atomic E-state index is 12.5. The van der Waals surface area contributed by atoms with Crippen molar-refractivity contribution < 1.29 is 9.13 Å². The van der Waals surface area contributed by atoms with E-state index in [1.165, 1.54) is 0 Å². The number of likely N-dealkylation sites (tertiary alicyclic amines) is 1. The Morgan fingerprint density at radius 2 is 1.71 bits per heavy atom. The van der Waals surface area contributed by atoms with E-state index in [1.54, 1.807) is 14.2 Å². The Kier molecular flexibility index (Phi) is 12.7. The van der Waals surface area contributed by atoms with Crippen molar-refractivity contribution >= 4 is 0 Å². The third-order valence-corrected chi connectivity index (χ3v) is 1.89. The maximum absolute atomic E-state index is 12.5. The van der Waals surface area contributed by atoms with Crippen LogP contribution in [0.1, 0.15) is 34.1 Å². The molecule has 0 saturated carbocycles. The van der Waals surface area contributed by atoms with Gasteiger partial charge in [0, 0.05) is 33.4 Å². The van der Waals surface area contributed by atoms with Gasteiger partial charge in [0.05, 0.1) is 0 Å². The van der Waals surface area contributed by atoms with Crippen LogP contribution in [0.25, 0.3) is 0 Å². The first-order valence-corrected chi connectivity index (χ1v) is 5.40. The maximum Gasteiger partial charge on any atom is 0.114 e. The molecule has 3 heteroatoms. The number of hydrogen-bond acceptors (Lipinski definition) is 2. The molecule has 1 rings (SSSR count). The van der Waals surface area contributed by atoms with Crippen LogP contribution in [-0.4, -0.2) is 44.4 Å². The summed E-state index contributed by atoms with van der Waals surface area (Å²) >= 11 is 0. The quantitative estimate of drug-likeness (QED) is 0.655. The monoisotopic (exact) mass is 207 g/mol. The van der Waals surface area contributed by atoms with E-state index in [0.29, 0.717) is 12.6 Å². The van der Waals surface area contributed by atoms with Crippen molar-refractivity contribution in [3.8, 4) is 0 Å². The van der Waals surface area contributed by atoms with Crippen LogP contribution in [0, 0.1) is 0 Å². The molecule has 1 unspecified atom stereocenters. The molecule has 0 aromatic carbocycles. The third-order valence-electron chi connectivity index (χ3n) is 1.89. The molecular weight excluding hydrogens is 181 g/mol. The number of hydrogen-bond donors (Lipinski definition) is 0. The second-order valence-electron chi connectivity index (χ2n) is 3.38. The van der Waals surface area contributed by atoms with Crippen LogP contribution in [0.2, 0.25) is 0 Å². The first-order chi connectivity index (χ1) is 6.61. The van der Waals surface area contributed by atoms with Crippen LogP contribution in [0.4, 0.5) is 4.39 Å². The van der Waals surface area contributed by atoms with Crippen molar-refractivity contribution in [3.63, 3.8) is 0 Å². The molecule has 2 nitrogen and oxygen atoms in total. The topological polar surface area (TPSA) is 12.5 Å². The summed E-state index contributed by atoms with van der Waals surface area (Å²) in [4.78, 5) is 2.17. The van der Waals surface area contributed by atoms with Crippen LogP contribution in [-0.2, 0) is 4.74 Å². The zero-order chi connectivity index (χ0) is 11.6. The van der Waals surface area contributed by atoms with Crippen LogP contribution < -0.4 is 0 Å². The predicted molar refractivity (Wildman–Crippen MR) is 60.5 cm³/mol. The standard InChI is InChI=1S/C7H14FN.C2H6O.C2H6/c1-6(2)9-4-3-7(8)5-9;1-3-2;1-2/h6-7H,3-5H2,1-2H3;1-2H3;1-2H3. The third kappa shape index (κ3) is 8.45. The number of rotatable bonds is 1. The summed E-state index contributed by atoms with van der Waals surface area (Å²) in [7, 11) is 3.25. The second-order valence-corrected chi connectivity index (χ2v) is 3.38. The van der Waals surface area contributed by atoms with Gasteiger partial charge in [-0.2, -0.15) is 0 Å². The minimum Gasteiger partial charge on any atom is -0.388 e. The zero-order valence-electron chi connectivity index (χ0n) is 10.5. The van der Waals surface area contributed by atoms with Crippen LogP contribution >= 0.6 is 0 Å². The number of nitrogens with zero attached hydrogens (tertiary/aromatic N) is 1. The largest absolute Gasteiger partial charge is 0.388 e. The molecule has 14 heavy (non-hydrogen) atoms. The summed E-state index contributed by atoms with van der Waals surface area (Å²) in [6.45, 7) is 9.81. The Labute approximate surface area is 88.4 Å². The lowest BCUT2D eigenvalue weighted by molar-refractivity contribution is 0.246. The molecule has 1 atom stereocenters. The van der Waals surface area contributed by atoms with Gasteiger partial charge in [-0.05, 0) is 20.3 Å². The number of ether oxygens (including phenoxy) is 1. The SMILES string of the molecule is CC.CC(C)N1CCC(F)C1.COC. The van der Waals surface area contributed by atoms with Crippen molar-refractivity contribution in [2.75, 3.05) is 27.3 Å². The first kappa shape index (κ1) is 16.3. The summed E-state index contributed by atoms with van der Waals surface area (Å²) in [5, 5.41) is 0. The van der Waals surface area contributed by atoms with Crippen molar-refractivity contribution in [2.45, 2.75) is 46.3 Å². The van der Waals surface area contributed by atoms with E-state index >= 15 is 0 Å². The van der Waals surface area contributed by atoms with Crippen molar-refractivity contribution in [3.05, 3.63) is 0 Å². The Morgan fingerprint density at radius 3 is 1.86 bits per heavy atom. The highest BCUT2D eigenvalue weighted by Crippen LogP contribution is 2.14. The summed E-state index contributed by atoms with van der Waals surface area (Å²) in [5.41, 5.74) is 0. The van der Waals surface area contributed by atoms with E-state index in [9.17, 15) is 4.39 Å². The summed E-state index contributed by atoms with van der Waals surface area (Å²) < 4.78 is 16.7. The van der Waals surface area contributed by atoms with Gasteiger partial charge in [0.25, 0.3) is 0 Å². The van der Waals surface area contributed by atoms with Crippen molar-refractivity contribution in [2.24, 2.45) is 0 Å². The first-order valence-electron chi connectivity index (χ1n) is 5.40. The fraction of sp³-hybridized carbons (Fsp3) is 1.00. The molecule has 1 heterocycles. The van der Waals surface area contributed by atoms with Gasteiger partial charge in [-0.25, -0.2) is 4.39 Å². The smallest absolute Gasteiger partial charge is 0.114 e. The average molecular weight is 207 g/mol. The molecule has 0 radical (unpaired) electrons. The molecule has 1 aliphatic rings. The van der Waals surface area contributed by atoms with Gasteiger partial charge in [0.2, 0.25) is 0 Å². The summed E-state index contributed by atoms with van der Waals surface area (Å²) in [6.07, 6.45) is 0.172.